The lowest BCUT2D eigenvalue weighted by Gasteiger charge is -2.07. The van der Waals surface area contributed by atoms with Gasteiger partial charge in [0.05, 0.1) is 11.5 Å². The Bertz CT molecular complexity index is 435. The zero-order valence-corrected chi connectivity index (χ0v) is 9.08. The van der Waals surface area contributed by atoms with Gasteiger partial charge in [0, 0.05) is 13.2 Å². The number of nitro groups is 1. The zero-order valence-electron chi connectivity index (χ0n) is 9.08. The number of carbonyl (C=O) groups excluding carboxylic acids is 1. The number of nitrogens with zero attached hydrogens (tertiary/aromatic N) is 2. The van der Waals surface area contributed by atoms with Crippen molar-refractivity contribution in [3.05, 3.63) is 27.9 Å². The molecule has 0 unspecified atom stereocenters. The van der Waals surface area contributed by atoms with E-state index >= 15 is 0 Å². The molecule has 0 saturated carbocycles. The molecule has 0 aliphatic heterocycles. The van der Waals surface area contributed by atoms with Gasteiger partial charge >= 0.3 is 0 Å². The van der Waals surface area contributed by atoms with Crippen LogP contribution in [0.15, 0.2) is 12.3 Å². The highest BCUT2D eigenvalue weighted by atomic mass is 16.6. The molecular formula is C9H11N3O5. The minimum absolute atomic E-state index is 0.0415. The fourth-order valence-corrected chi connectivity index (χ4v) is 1.05. The van der Waals surface area contributed by atoms with Crippen molar-refractivity contribution >= 4 is 11.6 Å². The third-order valence-corrected chi connectivity index (χ3v) is 1.84. The van der Waals surface area contributed by atoms with E-state index in [0.29, 0.717) is 6.61 Å². The SMILES string of the molecule is COCCOc1ncc([N+](=O)[O-])cc1C(N)=O. The van der Waals surface area contributed by atoms with Gasteiger partial charge in [-0.1, -0.05) is 0 Å². The van der Waals surface area contributed by atoms with E-state index in [-0.39, 0.29) is 23.7 Å². The second kappa shape index (κ2) is 5.75. The molecule has 0 radical (unpaired) electrons. The molecule has 0 fully saturated rings. The van der Waals surface area contributed by atoms with Gasteiger partial charge in [-0.25, -0.2) is 4.98 Å². The van der Waals surface area contributed by atoms with E-state index in [1.807, 2.05) is 0 Å². The van der Waals surface area contributed by atoms with Crippen LogP contribution in [0.25, 0.3) is 0 Å². The van der Waals surface area contributed by atoms with Gasteiger partial charge in [-0.05, 0) is 0 Å². The van der Waals surface area contributed by atoms with Crippen molar-refractivity contribution < 1.29 is 19.2 Å². The maximum atomic E-state index is 11.1. The highest BCUT2D eigenvalue weighted by Gasteiger charge is 2.17. The number of carbonyl (C=O) groups is 1. The molecule has 1 amide bonds. The highest BCUT2D eigenvalue weighted by Crippen LogP contribution is 2.20. The van der Waals surface area contributed by atoms with Crippen LogP contribution >= 0.6 is 0 Å². The summed E-state index contributed by atoms with van der Waals surface area (Å²) in [6, 6.07) is 1.03. The largest absolute Gasteiger partial charge is 0.475 e. The van der Waals surface area contributed by atoms with Gasteiger partial charge in [0.15, 0.2) is 0 Å². The minimum atomic E-state index is -0.839. The van der Waals surface area contributed by atoms with E-state index in [9.17, 15) is 14.9 Å². The zero-order chi connectivity index (χ0) is 12.8. The third kappa shape index (κ3) is 3.38. The molecule has 0 bridgehead atoms. The molecule has 8 heteroatoms. The summed E-state index contributed by atoms with van der Waals surface area (Å²) in [5, 5.41) is 10.5. The number of hydrogen-bond acceptors (Lipinski definition) is 6. The van der Waals surface area contributed by atoms with Crippen LogP contribution in [-0.2, 0) is 4.74 Å². The lowest BCUT2D eigenvalue weighted by atomic mass is 10.2. The smallest absolute Gasteiger partial charge is 0.288 e. The molecule has 17 heavy (non-hydrogen) atoms. The van der Waals surface area contributed by atoms with Crippen LogP contribution in [0.2, 0.25) is 0 Å². The molecule has 0 aliphatic rings. The summed E-state index contributed by atoms with van der Waals surface area (Å²) in [4.78, 5) is 24.6. The molecule has 1 aromatic rings. The average molecular weight is 241 g/mol. The van der Waals surface area contributed by atoms with E-state index in [2.05, 4.69) is 4.98 Å². The average Bonchev–Trinajstić information content (AvgIpc) is 2.29. The number of amides is 1. The number of aromatic nitrogens is 1. The van der Waals surface area contributed by atoms with Crippen LogP contribution in [0.4, 0.5) is 5.69 Å². The number of hydrogen-bond donors (Lipinski definition) is 1. The summed E-state index contributed by atoms with van der Waals surface area (Å²) in [6.07, 6.45) is 0.995. The quantitative estimate of drug-likeness (QED) is 0.429. The first-order chi connectivity index (χ1) is 8.06. The molecule has 1 heterocycles. The van der Waals surface area contributed by atoms with Crippen molar-refractivity contribution in [3.8, 4) is 5.88 Å². The summed E-state index contributed by atoms with van der Waals surface area (Å²) in [6.45, 7) is 0.471. The fraction of sp³-hybridized carbons (Fsp3) is 0.333. The molecule has 8 nitrogen and oxygen atoms in total. The molecule has 0 aromatic carbocycles. The minimum Gasteiger partial charge on any atom is -0.475 e. The van der Waals surface area contributed by atoms with Gasteiger partial charge in [0.25, 0.3) is 11.6 Å². The highest BCUT2D eigenvalue weighted by molar-refractivity contribution is 5.95. The van der Waals surface area contributed by atoms with E-state index in [1.54, 1.807) is 0 Å². The monoisotopic (exact) mass is 241 g/mol. The Hall–Kier alpha value is -2.22. The van der Waals surface area contributed by atoms with Crippen molar-refractivity contribution in [1.29, 1.82) is 0 Å². The number of methoxy groups -OCH3 is 1. The first kappa shape index (κ1) is 12.8. The van der Waals surface area contributed by atoms with Crippen molar-refractivity contribution in [3.63, 3.8) is 0 Å². The van der Waals surface area contributed by atoms with Crippen LogP contribution in [-0.4, -0.2) is 36.1 Å². The van der Waals surface area contributed by atoms with E-state index < -0.39 is 10.8 Å². The summed E-state index contributed by atoms with van der Waals surface area (Å²) in [5.74, 6) is -0.881. The summed E-state index contributed by atoms with van der Waals surface area (Å²) < 4.78 is 9.86. The van der Waals surface area contributed by atoms with Crippen molar-refractivity contribution in [2.75, 3.05) is 20.3 Å². The summed E-state index contributed by atoms with van der Waals surface area (Å²) >= 11 is 0. The number of rotatable bonds is 6. The predicted molar refractivity (Wildman–Crippen MR) is 56.8 cm³/mol. The van der Waals surface area contributed by atoms with Gasteiger partial charge in [0.2, 0.25) is 5.88 Å². The second-order valence-electron chi connectivity index (χ2n) is 3.01. The molecule has 0 spiro atoms. The van der Waals surface area contributed by atoms with Crippen molar-refractivity contribution in [1.82, 2.24) is 4.98 Å². The van der Waals surface area contributed by atoms with Crippen LogP contribution in [0.5, 0.6) is 5.88 Å². The number of primary amides is 1. The van der Waals surface area contributed by atoms with Gasteiger partial charge in [-0.2, -0.15) is 0 Å². The normalized spacial score (nSPS) is 9.94. The maximum Gasteiger partial charge on any atom is 0.288 e. The topological polar surface area (TPSA) is 118 Å². The van der Waals surface area contributed by atoms with Crippen molar-refractivity contribution in [2.24, 2.45) is 5.73 Å². The van der Waals surface area contributed by atoms with Gasteiger partial charge in [0.1, 0.15) is 18.4 Å². The fourth-order valence-electron chi connectivity index (χ4n) is 1.05. The molecule has 0 atom stereocenters. The van der Waals surface area contributed by atoms with Crippen LogP contribution in [0.1, 0.15) is 10.4 Å². The van der Waals surface area contributed by atoms with Gasteiger partial charge in [-0.15, -0.1) is 0 Å². The molecular weight excluding hydrogens is 230 g/mol. The standard InChI is InChI=1S/C9H11N3O5/c1-16-2-3-17-9-7(8(10)13)4-6(5-11-9)12(14)15/h4-5H,2-3H2,1H3,(H2,10,13). The van der Waals surface area contributed by atoms with E-state index in [0.717, 1.165) is 12.3 Å². The summed E-state index contributed by atoms with van der Waals surface area (Å²) in [7, 11) is 1.49. The Morgan fingerprint density at radius 3 is 2.82 bits per heavy atom. The van der Waals surface area contributed by atoms with Crippen molar-refractivity contribution in [2.45, 2.75) is 0 Å². The Kier molecular flexibility index (Phi) is 4.35. The number of pyridine rings is 1. The first-order valence-electron chi connectivity index (χ1n) is 4.62. The lowest BCUT2D eigenvalue weighted by Crippen LogP contribution is -2.16. The number of ether oxygens (including phenoxy) is 2. The molecule has 0 saturated heterocycles. The molecule has 1 rings (SSSR count). The third-order valence-electron chi connectivity index (χ3n) is 1.84. The molecule has 0 aliphatic carbocycles. The molecule has 1 aromatic heterocycles. The van der Waals surface area contributed by atoms with E-state index in [1.165, 1.54) is 7.11 Å². The van der Waals surface area contributed by atoms with Crippen LogP contribution in [0.3, 0.4) is 0 Å². The summed E-state index contributed by atoms with van der Waals surface area (Å²) in [5.41, 5.74) is 4.62. The van der Waals surface area contributed by atoms with Gasteiger partial charge < -0.3 is 15.2 Å². The molecule has 2 N–H and O–H groups in total. The number of nitrogens with two attached hydrogens (primary N) is 1. The lowest BCUT2D eigenvalue weighted by molar-refractivity contribution is -0.385. The van der Waals surface area contributed by atoms with Gasteiger partial charge in [-0.3, -0.25) is 14.9 Å². The van der Waals surface area contributed by atoms with E-state index in [4.69, 9.17) is 15.2 Å². The Labute approximate surface area is 96.5 Å². The second-order valence-corrected chi connectivity index (χ2v) is 3.01. The Balaban J connectivity index is 2.96. The Morgan fingerprint density at radius 2 is 2.29 bits per heavy atom. The molecule has 92 valence electrons. The van der Waals surface area contributed by atoms with Crippen LogP contribution in [0, 0.1) is 10.1 Å². The maximum absolute atomic E-state index is 11.1. The predicted octanol–water partition coefficient (Wildman–Crippen LogP) is 0.114. The van der Waals surface area contributed by atoms with Crippen LogP contribution < -0.4 is 10.5 Å². The first-order valence-corrected chi connectivity index (χ1v) is 4.62. The Morgan fingerprint density at radius 1 is 1.59 bits per heavy atom.